The Morgan fingerprint density at radius 2 is 1.87 bits per heavy atom. The molecule has 1 fully saturated rings. The molecular weight excluding hydrogens is 322 g/mol. The van der Waals surface area contributed by atoms with Crippen LogP contribution < -0.4 is 11.5 Å². The summed E-state index contributed by atoms with van der Waals surface area (Å²) in [5, 5.41) is 9.80. The van der Waals surface area contributed by atoms with E-state index in [0.717, 1.165) is 0 Å². The molecule has 0 aromatic carbocycles. The number of carboxylic acids is 1. The Morgan fingerprint density at radius 3 is 2.30 bits per heavy atom. The van der Waals surface area contributed by atoms with Crippen molar-refractivity contribution in [1.29, 1.82) is 0 Å². The average molecular weight is 345 g/mol. The maximum atomic E-state index is 12.7. The van der Waals surface area contributed by atoms with E-state index >= 15 is 0 Å². The minimum Gasteiger partial charge on any atom is -0.479 e. The van der Waals surface area contributed by atoms with Crippen LogP contribution in [-0.4, -0.2) is 56.4 Å². The first kappa shape index (κ1) is 19.6. The average Bonchev–Trinajstić information content (AvgIpc) is 2.43. The third kappa shape index (κ3) is 3.26. The molecule has 0 saturated carbocycles. The van der Waals surface area contributed by atoms with Crippen molar-refractivity contribution in [1.82, 2.24) is 4.90 Å². The number of carboxylic acid groups (broad SMARTS) is 1. The second-order valence-electron chi connectivity index (χ2n) is 6.22. The number of nitrogens with zero attached hydrogens (tertiary/aromatic N) is 1. The summed E-state index contributed by atoms with van der Waals surface area (Å²) in [4.78, 5) is 50.3. The van der Waals surface area contributed by atoms with Gasteiger partial charge in [0.1, 0.15) is 0 Å². The molecule has 1 aliphatic rings. The lowest BCUT2D eigenvalue weighted by atomic mass is 9.72. The normalized spacial score (nSPS) is 24.8. The molecule has 5 N–H and O–H groups in total. The number of aliphatic carboxylic acids is 1. The van der Waals surface area contributed by atoms with Crippen LogP contribution in [0.25, 0.3) is 0 Å². The van der Waals surface area contributed by atoms with Gasteiger partial charge in [-0.2, -0.15) is 12.6 Å². The first-order valence-electron chi connectivity index (χ1n) is 7.30. The van der Waals surface area contributed by atoms with Gasteiger partial charge >= 0.3 is 5.97 Å². The lowest BCUT2D eigenvalue weighted by molar-refractivity contribution is -0.176. The van der Waals surface area contributed by atoms with E-state index in [9.17, 15) is 24.3 Å². The molecule has 0 aromatic rings. The van der Waals surface area contributed by atoms with Crippen LogP contribution in [0.2, 0.25) is 0 Å². The van der Waals surface area contributed by atoms with E-state index in [1.807, 2.05) is 0 Å². The molecule has 1 saturated heterocycles. The Hall–Kier alpha value is -1.45. The van der Waals surface area contributed by atoms with Crippen molar-refractivity contribution >= 4 is 36.2 Å². The van der Waals surface area contributed by atoms with Gasteiger partial charge < -0.3 is 16.6 Å². The molecule has 0 unspecified atom stereocenters. The molecule has 0 aromatic heterocycles. The van der Waals surface area contributed by atoms with Crippen molar-refractivity contribution in [2.24, 2.45) is 11.5 Å². The number of carbonyl (C=O) groups excluding carboxylic acids is 3. The molecule has 130 valence electrons. The van der Waals surface area contributed by atoms with Gasteiger partial charge in [0.15, 0.2) is 5.78 Å². The zero-order valence-corrected chi connectivity index (χ0v) is 14.1. The van der Waals surface area contributed by atoms with Crippen LogP contribution in [-0.2, 0) is 19.2 Å². The Kier molecular flexibility index (Phi) is 5.95. The molecule has 9 heteroatoms. The highest BCUT2D eigenvalue weighted by Gasteiger charge is 2.63. The fraction of sp³-hybridized carbons (Fsp3) is 0.714. The van der Waals surface area contributed by atoms with Crippen LogP contribution in [0.15, 0.2) is 0 Å². The van der Waals surface area contributed by atoms with E-state index in [0.29, 0.717) is 17.7 Å². The van der Waals surface area contributed by atoms with Gasteiger partial charge in [0.25, 0.3) is 0 Å². The number of thiol groups is 1. The van der Waals surface area contributed by atoms with E-state index in [4.69, 9.17) is 11.5 Å². The van der Waals surface area contributed by atoms with Crippen LogP contribution in [0.4, 0.5) is 0 Å². The number of imide groups is 1. The second kappa shape index (κ2) is 6.98. The molecule has 1 heterocycles. The van der Waals surface area contributed by atoms with Gasteiger partial charge in [0.2, 0.25) is 17.4 Å². The number of hydrogen-bond donors (Lipinski definition) is 4. The van der Waals surface area contributed by atoms with Gasteiger partial charge in [0, 0.05) is 18.6 Å². The van der Waals surface area contributed by atoms with E-state index in [-0.39, 0.29) is 18.6 Å². The Bertz CT molecular complexity index is 531. The predicted octanol–water partition coefficient (Wildman–Crippen LogP) is -0.697. The number of Topliss-reactive ketones (excluding diaryl/α,β-unsaturated/α-hetero) is 1. The second-order valence-corrected chi connectivity index (χ2v) is 6.59. The first-order chi connectivity index (χ1) is 10.5. The largest absolute Gasteiger partial charge is 0.479 e. The third-order valence-corrected chi connectivity index (χ3v) is 4.40. The van der Waals surface area contributed by atoms with E-state index in [1.54, 1.807) is 0 Å². The van der Waals surface area contributed by atoms with Gasteiger partial charge in [-0.15, -0.1) is 0 Å². The standard InChI is InChI=1S/C14H23N3O5S/c1-13(2,16)14(12(21)22)9(18)5-3-4-6-10(19)17(14)11(20)8(15)7-23/h8,23H,3-7,15-16H2,1-2H3,(H,21,22)/t8-,14-/m0/s1. The first-order valence-corrected chi connectivity index (χ1v) is 7.94. The van der Waals surface area contributed by atoms with Gasteiger partial charge in [-0.1, -0.05) is 0 Å². The van der Waals surface area contributed by atoms with Crippen LogP contribution in [0.5, 0.6) is 0 Å². The quantitative estimate of drug-likeness (QED) is 0.389. The zero-order valence-electron chi connectivity index (χ0n) is 13.2. The molecule has 0 aliphatic carbocycles. The highest BCUT2D eigenvalue weighted by atomic mass is 32.1. The van der Waals surface area contributed by atoms with Crippen LogP contribution >= 0.6 is 12.6 Å². The molecule has 1 rings (SSSR count). The Labute approximate surface area is 140 Å². The van der Waals surface area contributed by atoms with Crippen molar-refractivity contribution in [2.45, 2.75) is 56.7 Å². The zero-order chi connectivity index (χ0) is 18.0. The number of amides is 2. The maximum Gasteiger partial charge on any atom is 0.339 e. The molecule has 2 amide bonds. The number of hydrogen-bond acceptors (Lipinski definition) is 7. The fourth-order valence-electron chi connectivity index (χ4n) is 2.84. The number of ketones is 1. The minimum atomic E-state index is -2.48. The van der Waals surface area contributed by atoms with Gasteiger partial charge in [-0.25, -0.2) is 4.79 Å². The molecule has 0 radical (unpaired) electrons. The monoisotopic (exact) mass is 345 g/mol. The Morgan fingerprint density at radius 1 is 1.35 bits per heavy atom. The van der Waals surface area contributed by atoms with Crippen LogP contribution in [0, 0.1) is 0 Å². The van der Waals surface area contributed by atoms with Crippen LogP contribution in [0.1, 0.15) is 39.5 Å². The number of likely N-dealkylation sites (tertiary alicyclic amines) is 1. The number of rotatable bonds is 4. The Balaban J connectivity index is 3.67. The summed E-state index contributed by atoms with van der Waals surface area (Å²) >= 11 is 3.91. The summed E-state index contributed by atoms with van der Waals surface area (Å²) in [5.74, 6) is -4.23. The topological polar surface area (TPSA) is 144 Å². The van der Waals surface area contributed by atoms with E-state index in [1.165, 1.54) is 13.8 Å². The summed E-state index contributed by atoms with van der Waals surface area (Å²) in [6, 6.07) is -1.21. The molecule has 1 aliphatic heterocycles. The van der Waals surface area contributed by atoms with Gasteiger partial charge in [-0.05, 0) is 26.7 Å². The molecule has 0 bridgehead atoms. The summed E-state index contributed by atoms with van der Waals surface area (Å²) in [6.45, 7) is 2.61. The van der Waals surface area contributed by atoms with Crippen molar-refractivity contribution in [3.05, 3.63) is 0 Å². The highest BCUT2D eigenvalue weighted by molar-refractivity contribution is 7.80. The summed E-state index contributed by atoms with van der Waals surface area (Å²) in [6.07, 6.45) is 0.602. The minimum absolute atomic E-state index is 0.0522. The highest BCUT2D eigenvalue weighted by Crippen LogP contribution is 2.34. The summed E-state index contributed by atoms with van der Waals surface area (Å²) in [7, 11) is 0. The smallest absolute Gasteiger partial charge is 0.339 e. The third-order valence-electron chi connectivity index (χ3n) is 4.01. The fourth-order valence-corrected chi connectivity index (χ4v) is 2.99. The lowest BCUT2D eigenvalue weighted by Gasteiger charge is -2.47. The molecule has 0 spiro atoms. The van der Waals surface area contributed by atoms with Crippen molar-refractivity contribution < 1.29 is 24.3 Å². The maximum absolute atomic E-state index is 12.7. The van der Waals surface area contributed by atoms with Crippen LogP contribution in [0.3, 0.4) is 0 Å². The predicted molar refractivity (Wildman–Crippen MR) is 85.8 cm³/mol. The lowest BCUT2D eigenvalue weighted by Crippen LogP contribution is -2.77. The molecular formula is C14H23N3O5S. The van der Waals surface area contributed by atoms with Crippen molar-refractivity contribution in [3.63, 3.8) is 0 Å². The van der Waals surface area contributed by atoms with Crippen molar-refractivity contribution in [2.75, 3.05) is 5.75 Å². The van der Waals surface area contributed by atoms with E-state index in [2.05, 4.69) is 12.6 Å². The number of nitrogens with two attached hydrogens (primary N) is 2. The molecule has 23 heavy (non-hydrogen) atoms. The molecule has 8 nitrogen and oxygen atoms in total. The SMILES string of the molecule is CC(C)(N)[C@@]1(C(=O)O)C(=O)CCCCC(=O)N1C(=O)[C@@H](N)CS. The van der Waals surface area contributed by atoms with E-state index < -0.39 is 40.7 Å². The van der Waals surface area contributed by atoms with Crippen molar-refractivity contribution in [3.8, 4) is 0 Å². The molecule has 2 atom stereocenters. The summed E-state index contributed by atoms with van der Waals surface area (Å²) < 4.78 is 0. The van der Waals surface area contributed by atoms with Gasteiger partial charge in [0.05, 0.1) is 11.6 Å². The van der Waals surface area contributed by atoms with Gasteiger partial charge in [-0.3, -0.25) is 19.3 Å². The summed E-state index contributed by atoms with van der Waals surface area (Å²) in [5.41, 5.74) is 7.46. The number of carbonyl (C=O) groups is 4.